The van der Waals surface area contributed by atoms with E-state index in [4.69, 9.17) is 4.74 Å². The molecule has 2 aliphatic heterocycles. The molecule has 15 heavy (non-hydrogen) atoms. The molecule has 0 amide bonds. The molecular formula is C12H24N2O. The van der Waals surface area contributed by atoms with E-state index in [1.165, 1.54) is 45.4 Å². The fourth-order valence-corrected chi connectivity index (χ4v) is 2.95. The topological polar surface area (TPSA) is 24.5 Å². The fourth-order valence-electron chi connectivity index (χ4n) is 2.95. The molecule has 1 atom stereocenters. The highest BCUT2D eigenvalue weighted by molar-refractivity contribution is 4.82. The van der Waals surface area contributed by atoms with Crippen molar-refractivity contribution in [3.8, 4) is 0 Å². The third-order valence-electron chi connectivity index (χ3n) is 4.01. The molecule has 0 aliphatic carbocycles. The lowest BCUT2D eigenvalue weighted by Crippen LogP contribution is -2.38. The average Bonchev–Trinajstić information content (AvgIpc) is 2.80. The van der Waals surface area contributed by atoms with Gasteiger partial charge in [0.1, 0.15) is 0 Å². The van der Waals surface area contributed by atoms with Crippen LogP contribution in [0.15, 0.2) is 0 Å². The van der Waals surface area contributed by atoms with E-state index in [2.05, 4.69) is 10.2 Å². The second-order valence-corrected chi connectivity index (χ2v) is 4.92. The highest BCUT2D eigenvalue weighted by atomic mass is 16.5. The van der Waals surface area contributed by atoms with Crippen LogP contribution in [0.3, 0.4) is 0 Å². The first-order valence-corrected chi connectivity index (χ1v) is 6.32. The number of methoxy groups -OCH3 is 1. The minimum atomic E-state index is 0.885. The maximum atomic E-state index is 5.12. The minimum Gasteiger partial charge on any atom is -0.383 e. The zero-order valence-electron chi connectivity index (χ0n) is 9.87. The van der Waals surface area contributed by atoms with Crippen molar-refractivity contribution in [1.29, 1.82) is 0 Å². The third kappa shape index (κ3) is 3.16. The molecule has 2 fully saturated rings. The van der Waals surface area contributed by atoms with Crippen LogP contribution in [0, 0.1) is 11.8 Å². The summed E-state index contributed by atoms with van der Waals surface area (Å²) in [6.45, 7) is 7.08. The highest BCUT2D eigenvalue weighted by Gasteiger charge is 2.28. The van der Waals surface area contributed by atoms with E-state index in [0.29, 0.717) is 0 Å². The minimum absolute atomic E-state index is 0.885. The third-order valence-corrected chi connectivity index (χ3v) is 4.01. The summed E-state index contributed by atoms with van der Waals surface area (Å²) in [6, 6.07) is 0. The van der Waals surface area contributed by atoms with E-state index >= 15 is 0 Å². The van der Waals surface area contributed by atoms with Gasteiger partial charge in [-0.3, -0.25) is 0 Å². The Bertz CT molecular complexity index is 172. The number of nitrogens with one attached hydrogen (secondary N) is 1. The van der Waals surface area contributed by atoms with Crippen molar-refractivity contribution in [2.45, 2.75) is 19.3 Å². The van der Waals surface area contributed by atoms with Crippen molar-refractivity contribution in [1.82, 2.24) is 10.2 Å². The van der Waals surface area contributed by atoms with E-state index in [1.807, 2.05) is 0 Å². The maximum Gasteiger partial charge on any atom is 0.0589 e. The Kier molecular flexibility index (Phi) is 4.42. The monoisotopic (exact) mass is 212 g/mol. The van der Waals surface area contributed by atoms with Gasteiger partial charge in [-0.15, -0.1) is 0 Å². The quantitative estimate of drug-likeness (QED) is 0.751. The van der Waals surface area contributed by atoms with Gasteiger partial charge in [0.2, 0.25) is 0 Å². The van der Waals surface area contributed by atoms with Crippen molar-refractivity contribution < 1.29 is 4.74 Å². The molecule has 2 saturated heterocycles. The van der Waals surface area contributed by atoms with Crippen LogP contribution in [-0.2, 0) is 4.74 Å². The van der Waals surface area contributed by atoms with E-state index in [0.717, 1.165) is 25.0 Å². The van der Waals surface area contributed by atoms with Gasteiger partial charge in [-0.2, -0.15) is 0 Å². The Hall–Kier alpha value is -0.120. The summed E-state index contributed by atoms with van der Waals surface area (Å²) >= 11 is 0. The van der Waals surface area contributed by atoms with E-state index in [-0.39, 0.29) is 0 Å². The molecule has 3 nitrogen and oxygen atoms in total. The Balaban J connectivity index is 1.67. The first-order valence-electron chi connectivity index (χ1n) is 6.32. The number of hydrogen-bond donors (Lipinski definition) is 1. The summed E-state index contributed by atoms with van der Waals surface area (Å²) in [7, 11) is 1.79. The molecule has 1 unspecified atom stereocenters. The van der Waals surface area contributed by atoms with Crippen LogP contribution in [0.1, 0.15) is 19.3 Å². The summed E-state index contributed by atoms with van der Waals surface area (Å²) in [5.41, 5.74) is 0. The molecule has 0 radical (unpaired) electrons. The SMILES string of the molecule is COCCN1CCC(C2CCNC2)CC1. The predicted molar refractivity (Wildman–Crippen MR) is 62.0 cm³/mol. The molecule has 2 aliphatic rings. The Morgan fingerprint density at radius 3 is 2.60 bits per heavy atom. The smallest absolute Gasteiger partial charge is 0.0589 e. The zero-order chi connectivity index (χ0) is 10.5. The second kappa shape index (κ2) is 5.83. The van der Waals surface area contributed by atoms with E-state index in [9.17, 15) is 0 Å². The summed E-state index contributed by atoms with van der Waals surface area (Å²) in [4.78, 5) is 2.54. The average molecular weight is 212 g/mol. The van der Waals surface area contributed by atoms with Crippen LogP contribution in [0.5, 0.6) is 0 Å². The number of piperidine rings is 1. The molecule has 0 saturated carbocycles. The first kappa shape index (κ1) is 11.4. The molecule has 0 bridgehead atoms. The normalized spacial score (nSPS) is 29.8. The molecule has 0 aromatic carbocycles. The molecule has 2 heterocycles. The highest BCUT2D eigenvalue weighted by Crippen LogP contribution is 2.28. The van der Waals surface area contributed by atoms with Crippen molar-refractivity contribution in [3.05, 3.63) is 0 Å². The lowest BCUT2D eigenvalue weighted by molar-refractivity contribution is 0.107. The molecule has 0 spiro atoms. The standard InChI is InChI=1S/C12H24N2O/c1-15-9-8-14-6-3-11(4-7-14)12-2-5-13-10-12/h11-13H,2-10H2,1H3. The van der Waals surface area contributed by atoms with Crippen LogP contribution in [-0.4, -0.2) is 51.3 Å². The lowest BCUT2D eigenvalue weighted by atomic mass is 9.84. The summed E-state index contributed by atoms with van der Waals surface area (Å²) in [6.07, 6.45) is 4.20. The van der Waals surface area contributed by atoms with Gasteiger partial charge in [0.15, 0.2) is 0 Å². The Morgan fingerprint density at radius 2 is 2.00 bits per heavy atom. The number of ether oxygens (including phenoxy) is 1. The molecule has 3 heteroatoms. The largest absolute Gasteiger partial charge is 0.383 e. The van der Waals surface area contributed by atoms with Gasteiger partial charge in [-0.05, 0) is 57.3 Å². The van der Waals surface area contributed by atoms with Gasteiger partial charge in [0.25, 0.3) is 0 Å². The predicted octanol–water partition coefficient (Wildman–Crippen LogP) is 0.954. The van der Waals surface area contributed by atoms with Gasteiger partial charge in [0, 0.05) is 13.7 Å². The molecular weight excluding hydrogens is 188 g/mol. The Morgan fingerprint density at radius 1 is 1.20 bits per heavy atom. The lowest BCUT2D eigenvalue weighted by Gasteiger charge is -2.34. The maximum absolute atomic E-state index is 5.12. The first-order chi connectivity index (χ1) is 7.40. The fraction of sp³-hybridized carbons (Fsp3) is 1.00. The summed E-state index contributed by atoms with van der Waals surface area (Å²) in [5, 5.41) is 3.48. The van der Waals surface area contributed by atoms with Crippen LogP contribution < -0.4 is 5.32 Å². The van der Waals surface area contributed by atoms with Gasteiger partial charge in [-0.1, -0.05) is 0 Å². The van der Waals surface area contributed by atoms with Crippen molar-refractivity contribution >= 4 is 0 Å². The van der Waals surface area contributed by atoms with E-state index in [1.54, 1.807) is 7.11 Å². The van der Waals surface area contributed by atoms with Crippen LogP contribution in [0.2, 0.25) is 0 Å². The number of hydrogen-bond acceptors (Lipinski definition) is 3. The molecule has 88 valence electrons. The van der Waals surface area contributed by atoms with Crippen LogP contribution >= 0.6 is 0 Å². The van der Waals surface area contributed by atoms with Gasteiger partial charge < -0.3 is 15.0 Å². The van der Waals surface area contributed by atoms with Gasteiger partial charge in [0.05, 0.1) is 6.61 Å². The van der Waals surface area contributed by atoms with Crippen molar-refractivity contribution in [2.75, 3.05) is 46.4 Å². The van der Waals surface area contributed by atoms with E-state index < -0.39 is 0 Å². The van der Waals surface area contributed by atoms with Gasteiger partial charge >= 0.3 is 0 Å². The zero-order valence-corrected chi connectivity index (χ0v) is 9.87. The second-order valence-electron chi connectivity index (χ2n) is 4.92. The van der Waals surface area contributed by atoms with Crippen LogP contribution in [0.25, 0.3) is 0 Å². The molecule has 0 aromatic heterocycles. The Labute approximate surface area is 93.2 Å². The summed E-state index contributed by atoms with van der Waals surface area (Å²) < 4.78 is 5.12. The number of nitrogens with zero attached hydrogens (tertiary/aromatic N) is 1. The number of likely N-dealkylation sites (tertiary alicyclic amines) is 1. The van der Waals surface area contributed by atoms with Gasteiger partial charge in [-0.25, -0.2) is 0 Å². The molecule has 2 rings (SSSR count). The molecule has 0 aromatic rings. The van der Waals surface area contributed by atoms with Crippen LogP contribution in [0.4, 0.5) is 0 Å². The summed E-state index contributed by atoms with van der Waals surface area (Å²) in [5.74, 6) is 1.95. The molecule has 1 N–H and O–H groups in total. The van der Waals surface area contributed by atoms with Crippen molar-refractivity contribution in [3.63, 3.8) is 0 Å². The van der Waals surface area contributed by atoms with Crippen molar-refractivity contribution in [2.24, 2.45) is 11.8 Å². The number of rotatable bonds is 4.